The highest BCUT2D eigenvalue weighted by molar-refractivity contribution is 6.12. The average molecular weight is 483 g/mol. The number of anilines is 1. The summed E-state index contributed by atoms with van der Waals surface area (Å²) >= 11 is 0. The number of allylic oxidation sites excluding steroid dienone is 1. The van der Waals surface area contributed by atoms with E-state index in [1.54, 1.807) is 0 Å². The predicted molar refractivity (Wildman–Crippen MR) is 143 cm³/mol. The van der Waals surface area contributed by atoms with Gasteiger partial charge in [0, 0.05) is 18.5 Å². The highest BCUT2D eigenvalue weighted by Gasteiger charge is 2.35. The van der Waals surface area contributed by atoms with Crippen molar-refractivity contribution in [3.05, 3.63) is 65.8 Å². The van der Waals surface area contributed by atoms with Gasteiger partial charge in [-0.15, -0.1) is 0 Å². The molecule has 0 unspecified atom stereocenters. The third kappa shape index (κ3) is 4.56. The number of nitrogens with one attached hydrogen (secondary N) is 1. The molecule has 2 fully saturated rings. The topological polar surface area (TPSA) is 89.1 Å². The number of hydrogen-bond acceptors (Lipinski definition) is 5. The fourth-order valence-electron chi connectivity index (χ4n) is 5.23. The van der Waals surface area contributed by atoms with Gasteiger partial charge in [0.25, 0.3) is 5.91 Å². The number of rotatable bonds is 6. The zero-order chi connectivity index (χ0) is 25.2. The lowest BCUT2D eigenvalue weighted by Gasteiger charge is -2.20. The lowest BCUT2D eigenvalue weighted by molar-refractivity contribution is 0.0941. The van der Waals surface area contributed by atoms with Crippen LogP contribution in [0.1, 0.15) is 80.2 Å². The minimum Gasteiger partial charge on any atom is -0.383 e. The Morgan fingerprint density at radius 2 is 2.06 bits per heavy atom. The number of aromatic nitrogens is 3. The fraction of sp³-hybridized carbons (Fsp3) is 0.414. The van der Waals surface area contributed by atoms with Crippen LogP contribution in [0.15, 0.2) is 48.9 Å². The molecule has 3 aromatic rings. The van der Waals surface area contributed by atoms with Crippen molar-refractivity contribution in [1.29, 1.82) is 0 Å². The lowest BCUT2D eigenvalue weighted by Crippen LogP contribution is -2.27. The van der Waals surface area contributed by atoms with E-state index in [0.717, 1.165) is 37.8 Å². The highest BCUT2D eigenvalue weighted by Crippen LogP contribution is 2.37. The molecule has 36 heavy (non-hydrogen) atoms. The van der Waals surface area contributed by atoms with Crippen LogP contribution in [0.2, 0.25) is 0 Å². The number of carbonyl (C=O) groups excluding carboxylic acids is 1. The average Bonchev–Trinajstić information content (AvgIpc) is 3.53. The van der Waals surface area contributed by atoms with Crippen molar-refractivity contribution in [2.24, 2.45) is 5.92 Å². The predicted octanol–water partition coefficient (Wildman–Crippen LogP) is 4.83. The Kier molecular flexibility index (Phi) is 6.69. The van der Waals surface area contributed by atoms with E-state index in [9.17, 15) is 4.79 Å². The molecule has 1 amide bonds. The van der Waals surface area contributed by atoms with Crippen LogP contribution < -0.4 is 11.1 Å². The van der Waals surface area contributed by atoms with Gasteiger partial charge in [-0.25, -0.2) is 9.97 Å². The summed E-state index contributed by atoms with van der Waals surface area (Å²) in [7, 11) is 0. The molecule has 1 aliphatic carbocycles. The van der Waals surface area contributed by atoms with E-state index in [1.165, 1.54) is 6.33 Å². The van der Waals surface area contributed by atoms with Crippen molar-refractivity contribution in [1.82, 2.24) is 24.8 Å². The van der Waals surface area contributed by atoms with Crippen LogP contribution in [0, 0.1) is 17.8 Å². The molecule has 0 radical (unpaired) electrons. The van der Waals surface area contributed by atoms with Crippen molar-refractivity contribution >= 4 is 22.8 Å². The van der Waals surface area contributed by atoms with Crippen LogP contribution in [0.5, 0.6) is 0 Å². The summed E-state index contributed by atoms with van der Waals surface area (Å²) in [6.07, 6.45) is 9.94. The molecular formula is C29H34N6O. The number of amides is 1. The van der Waals surface area contributed by atoms with Gasteiger partial charge in [-0.2, -0.15) is 0 Å². The summed E-state index contributed by atoms with van der Waals surface area (Å²) in [4.78, 5) is 25.1. The van der Waals surface area contributed by atoms with Gasteiger partial charge in [0.15, 0.2) is 0 Å². The Morgan fingerprint density at radius 3 is 2.75 bits per heavy atom. The van der Waals surface area contributed by atoms with E-state index < -0.39 is 0 Å². The van der Waals surface area contributed by atoms with Gasteiger partial charge < -0.3 is 20.5 Å². The minimum atomic E-state index is -0.202. The van der Waals surface area contributed by atoms with Crippen molar-refractivity contribution in [3.63, 3.8) is 0 Å². The Hall–Kier alpha value is -3.79. The summed E-state index contributed by atoms with van der Waals surface area (Å²) in [6, 6.07) is 10.3. The normalized spacial score (nSPS) is 20.5. The van der Waals surface area contributed by atoms with Crippen LogP contribution >= 0.6 is 0 Å². The molecule has 3 N–H and O–H groups in total. The van der Waals surface area contributed by atoms with E-state index in [0.29, 0.717) is 40.1 Å². The standard InChI is InChI=1S/C29H34N6O/c1-4-15-34-17-23(16-22(34)5-2)35-24(14-13-20-11-12-20)25(26-27(30)31-18-32-28(26)35)29(36)33-19(3)21-9-7-6-8-10-21/h4,6-10,15,18-20,22-23H,5,11-12,16-17H2,1-3H3,(H,33,36)(H2,30,31,32)/t19-,22+,23-/m1/s1. The Labute approximate surface area is 212 Å². The molecule has 0 bridgehead atoms. The third-order valence-electron chi connectivity index (χ3n) is 7.27. The van der Waals surface area contributed by atoms with Crippen LogP contribution in [-0.2, 0) is 0 Å². The summed E-state index contributed by atoms with van der Waals surface area (Å²) in [6.45, 7) is 7.08. The van der Waals surface area contributed by atoms with Gasteiger partial charge in [-0.3, -0.25) is 4.79 Å². The molecule has 1 aliphatic heterocycles. The minimum absolute atomic E-state index is 0.125. The maximum Gasteiger partial charge on any atom is 0.255 e. The number of hydrogen-bond donors (Lipinski definition) is 2. The van der Waals surface area contributed by atoms with E-state index in [4.69, 9.17) is 5.73 Å². The first kappa shape index (κ1) is 23.9. The zero-order valence-corrected chi connectivity index (χ0v) is 21.2. The second kappa shape index (κ2) is 10.1. The van der Waals surface area contributed by atoms with Crippen LogP contribution in [0.25, 0.3) is 11.0 Å². The lowest BCUT2D eigenvalue weighted by atomic mass is 10.1. The largest absolute Gasteiger partial charge is 0.383 e. The van der Waals surface area contributed by atoms with Crippen molar-refractivity contribution in [3.8, 4) is 11.8 Å². The molecule has 2 aliphatic rings. The molecule has 1 aromatic carbocycles. The monoisotopic (exact) mass is 482 g/mol. The van der Waals surface area contributed by atoms with Crippen molar-refractivity contribution in [2.45, 2.75) is 64.6 Å². The number of benzene rings is 1. The molecule has 1 saturated heterocycles. The Balaban J connectivity index is 1.63. The molecule has 3 atom stereocenters. The van der Waals surface area contributed by atoms with Crippen LogP contribution in [0.3, 0.4) is 0 Å². The fourth-order valence-corrected chi connectivity index (χ4v) is 5.23. The first-order valence-corrected chi connectivity index (χ1v) is 12.9. The van der Waals surface area contributed by atoms with E-state index in [-0.39, 0.29) is 18.0 Å². The number of nitrogens with two attached hydrogens (primary N) is 1. The smallest absolute Gasteiger partial charge is 0.255 e. The molecule has 5 rings (SSSR count). The summed E-state index contributed by atoms with van der Waals surface area (Å²) in [5.74, 6) is 7.29. The second-order valence-electron chi connectivity index (χ2n) is 9.83. The van der Waals surface area contributed by atoms with Gasteiger partial charge in [0.05, 0.1) is 23.0 Å². The van der Waals surface area contributed by atoms with Gasteiger partial charge in [-0.05, 0) is 57.2 Å². The Bertz CT molecular complexity index is 1340. The molecular weight excluding hydrogens is 448 g/mol. The number of nitrogens with zero attached hydrogens (tertiary/aromatic N) is 4. The van der Waals surface area contributed by atoms with Crippen LogP contribution in [-0.4, -0.2) is 37.9 Å². The number of likely N-dealkylation sites (tertiary alicyclic amines) is 1. The van der Waals surface area contributed by atoms with Crippen molar-refractivity contribution < 1.29 is 4.79 Å². The molecule has 186 valence electrons. The summed E-state index contributed by atoms with van der Waals surface area (Å²) < 4.78 is 2.16. The molecule has 0 spiro atoms. The van der Waals surface area contributed by atoms with E-state index >= 15 is 0 Å². The van der Waals surface area contributed by atoms with E-state index in [2.05, 4.69) is 55.8 Å². The maximum atomic E-state index is 13.9. The maximum absolute atomic E-state index is 13.9. The number of fused-ring (bicyclic) bond motifs is 1. The first-order chi connectivity index (χ1) is 17.5. The molecule has 1 saturated carbocycles. The highest BCUT2D eigenvalue weighted by atomic mass is 16.1. The summed E-state index contributed by atoms with van der Waals surface area (Å²) in [5.41, 5.74) is 9.30. The third-order valence-corrected chi connectivity index (χ3v) is 7.27. The molecule has 7 nitrogen and oxygen atoms in total. The second-order valence-corrected chi connectivity index (χ2v) is 9.83. The first-order valence-electron chi connectivity index (χ1n) is 12.9. The van der Waals surface area contributed by atoms with E-state index in [1.807, 2.05) is 44.2 Å². The zero-order valence-electron chi connectivity index (χ0n) is 21.2. The van der Waals surface area contributed by atoms with Gasteiger partial charge >= 0.3 is 0 Å². The summed E-state index contributed by atoms with van der Waals surface area (Å²) in [5, 5.41) is 3.77. The SMILES string of the molecule is CC=CN1C[C@H](n2c(C#CC3CC3)c(C(=O)N[C@H](C)c3ccccc3)c3c(N)ncnc32)C[C@@H]1CC. The van der Waals surface area contributed by atoms with Crippen molar-refractivity contribution in [2.75, 3.05) is 12.3 Å². The number of carbonyl (C=O) groups is 1. The molecule has 7 heteroatoms. The Morgan fingerprint density at radius 1 is 1.28 bits per heavy atom. The van der Waals surface area contributed by atoms with Crippen LogP contribution in [0.4, 0.5) is 5.82 Å². The number of nitrogen functional groups attached to an aromatic ring is 1. The van der Waals surface area contributed by atoms with Gasteiger partial charge in [0.1, 0.15) is 23.5 Å². The van der Waals surface area contributed by atoms with Gasteiger partial charge in [0.2, 0.25) is 0 Å². The quantitative estimate of drug-likeness (QED) is 0.492. The molecule has 3 heterocycles. The molecule has 2 aromatic heterocycles. The van der Waals surface area contributed by atoms with Gasteiger partial charge in [-0.1, -0.05) is 49.3 Å².